The Bertz CT molecular complexity index is 620. The minimum absolute atomic E-state index is 0.384. The van der Waals surface area contributed by atoms with E-state index < -0.39 is 6.10 Å². The first-order valence-electron chi connectivity index (χ1n) is 7.22. The van der Waals surface area contributed by atoms with Crippen molar-refractivity contribution in [3.63, 3.8) is 0 Å². The third kappa shape index (κ3) is 2.61. The molecule has 0 saturated carbocycles. The predicted molar refractivity (Wildman–Crippen MR) is 81.9 cm³/mol. The summed E-state index contributed by atoms with van der Waals surface area (Å²) in [6, 6.07) is 15.7. The van der Waals surface area contributed by atoms with Gasteiger partial charge in [-0.15, -0.1) is 0 Å². The molecular formula is C18H20O3. The number of aliphatic hydroxyl groups excluding tert-OH is 1. The lowest BCUT2D eigenvalue weighted by molar-refractivity contribution is 0.0991. The van der Waals surface area contributed by atoms with Crippen LogP contribution in [0.4, 0.5) is 0 Å². The van der Waals surface area contributed by atoms with Crippen LogP contribution in [0.1, 0.15) is 31.1 Å². The molecule has 2 aromatic rings. The van der Waals surface area contributed by atoms with Crippen LogP contribution in [-0.2, 0) is 5.41 Å². The minimum atomic E-state index is -0.615. The van der Waals surface area contributed by atoms with E-state index in [0.717, 1.165) is 16.9 Å². The summed E-state index contributed by atoms with van der Waals surface area (Å²) in [7, 11) is 0. The third-order valence-electron chi connectivity index (χ3n) is 4.08. The second-order valence-corrected chi connectivity index (χ2v) is 5.89. The Hall–Kier alpha value is -2.00. The average Bonchev–Trinajstić information content (AvgIpc) is 2.54. The number of aliphatic hydroxyl groups is 1. The van der Waals surface area contributed by atoms with E-state index in [9.17, 15) is 5.11 Å². The van der Waals surface area contributed by atoms with Gasteiger partial charge in [0.25, 0.3) is 0 Å². The third-order valence-corrected chi connectivity index (χ3v) is 4.08. The summed E-state index contributed by atoms with van der Waals surface area (Å²) in [5, 5.41) is 10.8. The van der Waals surface area contributed by atoms with Crippen LogP contribution in [0.3, 0.4) is 0 Å². The fourth-order valence-electron chi connectivity index (χ4n) is 2.67. The first-order valence-corrected chi connectivity index (χ1v) is 7.22. The maximum absolute atomic E-state index is 10.8. The number of fused-ring (bicyclic) bond motifs is 1. The van der Waals surface area contributed by atoms with Crippen LogP contribution in [0.5, 0.6) is 11.5 Å². The number of hydrogen-bond donors (Lipinski definition) is 1. The molecule has 0 spiro atoms. The highest BCUT2D eigenvalue weighted by Gasteiger charge is 2.31. The lowest BCUT2D eigenvalue weighted by atomic mass is 9.76. The number of rotatable bonds is 3. The molecule has 110 valence electrons. The van der Waals surface area contributed by atoms with E-state index in [1.54, 1.807) is 0 Å². The monoisotopic (exact) mass is 284 g/mol. The Morgan fingerprint density at radius 2 is 1.62 bits per heavy atom. The minimum Gasteiger partial charge on any atom is -0.486 e. The molecular weight excluding hydrogens is 264 g/mol. The van der Waals surface area contributed by atoms with Crippen LogP contribution in [0, 0.1) is 0 Å². The Labute approximate surface area is 125 Å². The van der Waals surface area contributed by atoms with E-state index in [1.165, 1.54) is 0 Å². The number of hydrogen-bond acceptors (Lipinski definition) is 3. The van der Waals surface area contributed by atoms with Crippen molar-refractivity contribution >= 4 is 0 Å². The van der Waals surface area contributed by atoms with Gasteiger partial charge in [-0.3, -0.25) is 0 Å². The van der Waals surface area contributed by atoms with Crippen LogP contribution < -0.4 is 9.47 Å². The Kier molecular flexibility index (Phi) is 3.60. The first-order chi connectivity index (χ1) is 10.1. The molecule has 0 saturated heterocycles. The van der Waals surface area contributed by atoms with Gasteiger partial charge in [0.05, 0.1) is 6.10 Å². The smallest absolute Gasteiger partial charge is 0.161 e. The molecule has 1 N–H and O–H groups in total. The summed E-state index contributed by atoms with van der Waals surface area (Å²) in [6.07, 6.45) is -0.615. The summed E-state index contributed by atoms with van der Waals surface area (Å²) in [5.74, 6) is 1.45. The zero-order chi connectivity index (χ0) is 14.9. The quantitative estimate of drug-likeness (QED) is 0.938. The van der Waals surface area contributed by atoms with Gasteiger partial charge in [-0.1, -0.05) is 50.2 Å². The molecule has 0 aromatic heterocycles. The summed E-state index contributed by atoms with van der Waals surface area (Å²) < 4.78 is 11.1. The molecule has 1 atom stereocenters. The molecule has 0 radical (unpaired) electrons. The van der Waals surface area contributed by atoms with E-state index in [-0.39, 0.29) is 5.41 Å². The van der Waals surface area contributed by atoms with Gasteiger partial charge in [-0.05, 0) is 23.3 Å². The summed E-state index contributed by atoms with van der Waals surface area (Å²) >= 11 is 0. The molecule has 0 amide bonds. The standard InChI is InChI=1S/C18H20O3/c1-18(2,14-6-4-3-5-7-14)17(19)13-8-9-15-16(12-13)21-11-10-20-15/h3-9,12,17,19H,10-11H2,1-2H3. The highest BCUT2D eigenvalue weighted by atomic mass is 16.6. The molecule has 3 rings (SSSR count). The predicted octanol–water partition coefficient (Wildman–Crippen LogP) is 3.47. The normalized spacial score (nSPS) is 15.6. The molecule has 0 fully saturated rings. The largest absolute Gasteiger partial charge is 0.486 e. The van der Waals surface area contributed by atoms with Gasteiger partial charge in [0, 0.05) is 5.41 Å². The lowest BCUT2D eigenvalue weighted by Gasteiger charge is -2.32. The Morgan fingerprint density at radius 3 is 2.33 bits per heavy atom. The topological polar surface area (TPSA) is 38.7 Å². The van der Waals surface area contributed by atoms with Crippen LogP contribution in [-0.4, -0.2) is 18.3 Å². The van der Waals surface area contributed by atoms with Gasteiger partial charge < -0.3 is 14.6 Å². The molecule has 21 heavy (non-hydrogen) atoms. The average molecular weight is 284 g/mol. The van der Waals surface area contributed by atoms with Crippen molar-refractivity contribution in [3.05, 3.63) is 59.7 Å². The van der Waals surface area contributed by atoms with Gasteiger partial charge >= 0.3 is 0 Å². The van der Waals surface area contributed by atoms with Crippen LogP contribution in [0.25, 0.3) is 0 Å². The zero-order valence-electron chi connectivity index (χ0n) is 12.4. The fraction of sp³-hybridized carbons (Fsp3) is 0.333. The van der Waals surface area contributed by atoms with Crippen LogP contribution >= 0.6 is 0 Å². The second-order valence-electron chi connectivity index (χ2n) is 5.89. The van der Waals surface area contributed by atoms with E-state index in [4.69, 9.17) is 9.47 Å². The van der Waals surface area contributed by atoms with Crippen molar-refractivity contribution in [3.8, 4) is 11.5 Å². The van der Waals surface area contributed by atoms with Crippen molar-refractivity contribution in [2.45, 2.75) is 25.4 Å². The van der Waals surface area contributed by atoms with Crippen molar-refractivity contribution in [1.82, 2.24) is 0 Å². The maximum atomic E-state index is 10.8. The van der Waals surface area contributed by atoms with Crippen LogP contribution in [0.2, 0.25) is 0 Å². The SMILES string of the molecule is CC(C)(c1ccccc1)C(O)c1ccc2c(c1)OCCO2. The van der Waals surface area contributed by atoms with Crippen molar-refractivity contribution in [2.24, 2.45) is 0 Å². The molecule has 0 aliphatic carbocycles. The molecule has 1 aliphatic rings. The number of ether oxygens (including phenoxy) is 2. The van der Waals surface area contributed by atoms with Crippen molar-refractivity contribution in [1.29, 1.82) is 0 Å². The first kappa shape index (κ1) is 14.0. The molecule has 3 nitrogen and oxygen atoms in total. The summed E-state index contributed by atoms with van der Waals surface area (Å²) in [6.45, 7) is 5.21. The van der Waals surface area contributed by atoms with Gasteiger partial charge in [-0.2, -0.15) is 0 Å². The highest BCUT2D eigenvalue weighted by Crippen LogP contribution is 2.40. The molecule has 1 heterocycles. The molecule has 3 heteroatoms. The van der Waals surface area contributed by atoms with Gasteiger partial charge in [0.1, 0.15) is 13.2 Å². The zero-order valence-corrected chi connectivity index (χ0v) is 12.4. The number of benzene rings is 2. The molecule has 1 aliphatic heterocycles. The van der Waals surface area contributed by atoms with Gasteiger partial charge in [0.15, 0.2) is 11.5 Å². The molecule has 0 bridgehead atoms. The lowest BCUT2D eigenvalue weighted by Crippen LogP contribution is -2.27. The van der Waals surface area contributed by atoms with Gasteiger partial charge in [-0.25, -0.2) is 0 Å². The Balaban J connectivity index is 1.92. The fourth-order valence-corrected chi connectivity index (χ4v) is 2.67. The second kappa shape index (κ2) is 5.41. The van der Waals surface area contributed by atoms with Gasteiger partial charge in [0.2, 0.25) is 0 Å². The van der Waals surface area contributed by atoms with Crippen molar-refractivity contribution < 1.29 is 14.6 Å². The molecule has 2 aromatic carbocycles. The van der Waals surface area contributed by atoms with Crippen LogP contribution in [0.15, 0.2) is 48.5 Å². The van der Waals surface area contributed by atoms with E-state index in [2.05, 4.69) is 0 Å². The Morgan fingerprint density at radius 1 is 0.952 bits per heavy atom. The highest BCUT2D eigenvalue weighted by molar-refractivity contribution is 5.45. The maximum Gasteiger partial charge on any atom is 0.161 e. The van der Waals surface area contributed by atoms with E-state index in [1.807, 2.05) is 62.4 Å². The van der Waals surface area contributed by atoms with Crippen molar-refractivity contribution in [2.75, 3.05) is 13.2 Å². The molecule has 1 unspecified atom stereocenters. The summed E-state index contributed by atoms with van der Waals surface area (Å²) in [5.41, 5.74) is 1.56. The van der Waals surface area contributed by atoms with E-state index >= 15 is 0 Å². The van der Waals surface area contributed by atoms with E-state index in [0.29, 0.717) is 19.0 Å². The summed E-state index contributed by atoms with van der Waals surface area (Å²) in [4.78, 5) is 0.